The summed E-state index contributed by atoms with van der Waals surface area (Å²) in [4.78, 5) is 42.5. The second kappa shape index (κ2) is 7.81. The number of benzene rings is 2. The van der Waals surface area contributed by atoms with Crippen LogP contribution in [0.4, 0.5) is 5.69 Å². The molecule has 0 saturated heterocycles. The molecule has 3 aromatic rings. The van der Waals surface area contributed by atoms with Crippen LogP contribution < -0.4 is 10.7 Å². The fourth-order valence-electron chi connectivity index (χ4n) is 3.56. The van der Waals surface area contributed by atoms with E-state index in [0.29, 0.717) is 32.5 Å². The van der Waals surface area contributed by atoms with E-state index in [-0.39, 0.29) is 36.4 Å². The van der Waals surface area contributed by atoms with Gasteiger partial charge in [-0.15, -0.1) is 0 Å². The van der Waals surface area contributed by atoms with Gasteiger partial charge in [0.15, 0.2) is 5.43 Å². The van der Waals surface area contributed by atoms with Gasteiger partial charge in [-0.25, -0.2) is 4.79 Å². The molecule has 0 fully saturated rings. The number of hydrogen-bond acceptors (Lipinski definition) is 6. The first-order valence-corrected chi connectivity index (χ1v) is 9.55. The van der Waals surface area contributed by atoms with Gasteiger partial charge < -0.3 is 25.0 Å². The molecule has 0 saturated carbocycles. The Labute approximate surface area is 175 Å². The van der Waals surface area contributed by atoms with Crippen molar-refractivity contribution >= 4 is 51.0 Å². The number of nitrogens with zero attached hydrogens (tertiary/aromatic N) is 1. The molecule has 30 heavy (non-hydrogen) atoms. The number of H-pyrrole nitrogens is 1. The van der Waals surface area contributed by atoms with E-state index < -0.39 is 11.9 Å². The SMILES string of the molecule is COC(=O)C1=C(Nc2cccc3c(=O)c4cc(Cl)ccc4[nH]c23)C(=O)N(CCO)C1. The van der Waals surface area contributed by atoms with Crippen molar-refractivity contribution in [3.05, 3.63) is 62.9 Å². The van der Waals surface area contributed by atoms with Gasteiger partial charge in [0.2, 0.25) is 0 Å². The smallest absolute Gasteiger partial charge is 0.337 e. The van der Waals surface area contributed by atoms with Crippen LogP contribution in [0, 0.1) is 0 Å². The number of aromatic nitrogens is 1. The lowest BCUT2D eigenvalue weighted by Crippen LogP contribution is -2.31. The van der Waals surface area contributed by atoms with E-state index in [9.17, 15) is 19.5 Å². The van der Waals surface area contributed by atoms with E-state index in [1.165, 1.54) is 12.0 Å². The number of ether oxygens (including phenoxy) is 1. The summed E-state index contributed by atoms with van der Waals surface area (Å²) in [5.74, 6) is -1.07. The summed E-state index contributed by atoms with van der Waals surface area (Å²) in [6.45, 7) is -0.122. The number of para-hydroxylation sites is 1. The Morgan fingerprint density at radius 3 is 2.80 bits per heavy atom. The monoisotopic (exact) mass is 427 g/mol. The number of aliphatic hydroxyl groups excluding tert-OH is 1. The second-order valence-electron chi connectivity index (χ2n) is 6.79. The summed E-state index contributed by atoms with van der Waals surface area (Å²) in [6.07, 6.45) is 0. The van der Waals surface area contributed by atoms with Gasteiger partial charge >= 0.3 is 5.97 Å². The molecular formula is C21H18ClN3O5. The molecule has 8 nitrogen and oxygen atoms in total. The number of hydrogen-bond donors (Lipinski definition) is 3. The molecule has 0 atom stereocenters. The first-order valence-electron chi connectivity index (χ1n) is 9.17. The van der Waals surface area contributed by atoms with Crippen LogP contribution in [-0.2, 0) is 14.3 Å². The molecule has 154 valence electrons. The van der Waals surface area contributed by atoms with E-state index >= 15 is 0 Å². The fraction of sp³-hybridized carbons (Fsp3) is 0.190. The number of methoxy groups -OCH3 is 1. The average molecular weight is 428 g/mol. The number of β-amino-alcohol motifs (C(OH)–C–C–N with tert-alkyl or cyclic N) is 1. The Hall–Kier alpha value is -3.36. The standard InChI is InChI=1S/C21H18ClN3O5/c1-30-21(29)14-10-25(7-8-26)20(28)18(14)24-16-4-2-3-12-17(16)23-15-6-5-11(22)9-13(15)19(12)27/h2-6,9,24,26H,7-8,10H2,1H3,(H,23,27). The molecule has 1 aromatic heterocycles. The van der Waals surface area contributed by atoms with Gasteiger partial charge in [-0.1, -0.05) is 17.7 Å². The number of esters is 1. The highest BCUT2D eigenvalue weighted by Gasteiger charge is 2.34. The van der Waals surface area contributed by atoms with Crippen LogP contribution in [0.1, 0.15) is 0 Å². The van der Waals surface area contributed by atoms with E-state index in [4.69, 9.17) is 16.3 Å². The molecule has 2 heterocycles. The number of carbonyl (C=O) groups is 2. The predicted octanol–water partition coefficient (Wildman–Crippen LogP) is 2.01. The lowest BCUT2D eigenvalue weighted by Gasteiger charge is -2.15. The number of amides is 1. The Balaban J connectivity index is 1.86. The molecule has 0 bridgehead atoms. The summed E-state index contributed by atoms with van der Waals surface area (Å²) in [5.41, 5.74) is 1.54. The van der Waals surface area contributed by atoms with E-state index in [1.54, 1.807) is 36.4 Å². The highest BCUT2D eigenvalue weighted by atomic mass is 35.5. The maximum atomic E-state index is 13.0. The molecule has 0 unspecified atom stereocenters. The lowest BCUT2D eigenvalue weighted by molar-refractivity contribution is -0.136. The summed E-state index contributed by atoms with van der Waals surface area (Å²) in [7, 11) is 1.23. The van der Waals surface area contributed by atoms with Gasteiger partial charge in [0.1, 0.15) is 5.70 Å². The summed E-state index contributed by atoms with van der Waals surface area (Å²) < 4.78 is 4.80. The number of fused-ring (bicyclic) bond motifs is 2. The molecule has 2 aromatic carbocycles. The summed E-state index contributed by atoms with van der Waals surface area (Å²) in [6, 6.07) is 10.0. The van der Waals surface area contributed by atoms with Crippen molar-refractivity contribution in [1.82, 2.24) is 9.88 Å². The summed E-state index contributed by atoms with van der Waals surface area (Å²) in [5, 5.41) is 13.5. The largest absolute Gasteiger partial charge is 0.466 e. The minimum Gasteiger partial charge on any atom is -0.466 e. The number of anilines is 1. The quantitative estimate of drug-likeness (QED) is 0.424. The predicted molar refractivity (Wildman–Crippen MR) is 113 cm³/mol. The molecule has 0 aliphatic carbocycles. The first kappa shape index (κ1) is 19.9. The van der Waals surface area contributed by atoms with Gasteiger partial charge in [0.05, 0.1) is 37.0 Å². The van der Waals surface area contributed by atoms with E-state index in [0.717, 1.165) is 0 Å². The molecule has 0 radical (unpaired) electrons. The molecule has 1 amide bonds. The minimum absolute atomic E-state index is 0.0249. The Kier molecular flexibility index (Phi) is 5.19. The maximum Gasteiger partial charge on any atom is 0.337 e. The van der Waals surface area contributed by atoms with Gasteiger partial charge in [-0.3, -0.25) is 9.59 Å². The van der Waals surface area contributed by atoms with Crippen LogP contribution in [0.25, 0.3) is 21.8 Å². The van der Waals surface area contributed by atoms with Gasteiger partial charge in [-0.2, -0.15) is 0 Å². The number of carbonyl (C=O) groups excluding carboxylic acids is 2. The molecule has 3 N–H and O–H groups in total. The third-order valence-corrected chi connectivity index (χ3v) is 5.24. The molecule has 4 rings (SSSR count). The zero-order chi connectivity index (χ0) is 21.4. The Morgan fingerprint density at radius 1 is 1.27 bits per heavy atom. The van der Waals surface area contributed by atoms with Gasteiger partial charge in [0, 0.05) is 27.9 Å². The van der Waals surface area contributed by atoms with Gasteiger partial charge in [0.25, 0.3) is 5.91 Å². The second-order valence-corrected chi connectivity index (χ2v) is 7.23. The minimum atomic E-state index is -0.639. The molecule has 1 aliphatic heterocycles. The highest BCUT2D eigenvalue weighted by Crippen LogP contribution is 2.28. The number of rotatable bonds is 5. The molecule has 1 aliphatic rings. The normalized spacial score (nSPS) is 14.1. The van der Waals surface area contributed by atoms with E-state index in [2.05, 4.69) is 10.3 Å². The van der Waals surface area contributed by atoms with E-state index in [1.807, 2.05) is 0 Å². The van der Waals surface area contributed by atoms with Crippen LogP contribution >= 0.6 is 11.6 Å². The Bertz CT molecular complexity index is 1280. The molecular weight excluding hydrogens is 410 g/mol. The fourth-order valence-corrected chi connectivity index (χ4v) is 3.73. The van der Waals surface area contributed by atoms with Crippen molar-refractivity contribution in [3.8, 4) is 0 Å². The lowest BCUT2D eigenvalue weighted by atomic mass is 10.1. The van der Waals surface area contributed by atoms with Crippen LogP contribution in [0.15, 0.2) is 52.5 Å². The maximum absolute atomic E-state index is 13.0. The van der Waals surface area contributed by atoms with Crippen molar-refractivity contribution in [3.63, 3.8) is 0 Å². The zero-order valence-electron chi connectivity index (χ0n) is 16.0. The summed E-state index contributed by atoms with van der Waals surface area (Å²) >= 11 is 6.03. The molecule has 0 spiro atoms. The van der Waals surface area contributed by atoms with Gasteiger partial charge in [-0.05, 0) is 30.3 Å². The van der Waals surface area contributed by atoms with Crippen molar-refractivity contribution < 1.29 is 19.4 Å². The number of nitrogens with one attached hydrogen (secondary N) is 2. The highest BCUT2D eigenvalue weighted by molar-refractivity contribution is 6.31. The van der Waals surface area contributed by atoms with Crippen molar-refractivity contribution in [2.45, 2.75) is 0 Å². The number of halogens is 1. The zero-order valence-corrected chi connectivity index (χ0v) is 16.7. The molecule has 9 heteroatoms. The Morgan fingerprint density at radius 2 is 2.07 bits per heavy atom. The first-order chi connectivity index (χ1) is 14.4. The number of pyridine rings is 1. The average Bonchev–Trinajstić information content (AvgIpc) is 3.04. The van der Waals surface area contributed by atoms with Crippen LogP contribution in [0.5, 0.6) is 0 Å². The third-order valence-electron chi connectivity index (χ3n) is 5.01. The number of aliphatic hydroxyl groups is 1. The van der Waals surface area contributed by atoms with Crippen molar-refractivity contribution in [1.29, 1.82) is 0 Å². The van der Waals surface area contributed by atoms with Crippen LogP contribution in [0.2, 0.25) is 5.02 Å². The van der Waals surface area contributed by atoms with Crippen molar-refractivity contribution in [2.24, 2.45) is 0 Å². The van der Waals surface area contributed by atoms with Crippen molar-refractivity contribution in [2.75, 3.05) is 32.1 Å². The van der Waals surface area contributed by atoms with Crippen LogP contribution in [-0.4, -0.2) is 53.7 Å². The third kappa shape index (κ3) is 3.30. The van der Waals surface area contributed by atoms with Crippen LogP contribution in [0.3, 0.4) is 0 Å². The topological polar surface area (TPSA) is 112 Å². The number of aromatic amines is 1.